The van der Waals surface area contributed by atoms with Gasteiger partial charge >= 0.3 is 13.6 Å². The van der Waals surface area contributed by atoms with E-state index < -0.39 is 38.9 Å². The third kappa shape index (κ3) is 5.77. The Kier molecular flexibility index (Phi) is 5.36. The number of esters is 1. The van der Waals surface area contributed by atoms with Crippen LogP contribution in [-0.2, 0) is 18.7 Å². The van der Waals surface area contributed by atoms with Crippen molar-refractivity contribution in [2.75, 3.05) is 6.66 Å². The molecule has 2 atom stereocenters. The Hall–Kier alpha value is -0.190. The second-order valence-corrected chi connectivity index (χ2v) is 8.47. The summed E-state index contributed by atoms with van der Waals surface area (Å²) in [4.78, 5) is 38.0. The van der Waals surface area contributed by atoms with E-state index in [9.17, 15) is 13.9 Å². The summed E-state index contributed by atoms with van der Waals surface area (Å²) < 4.78 is 26.8. The minimum atomic E-state index is -4.81. The zero-order chi connectivity index (χ0) is 13.1. The summed E-state index contributed by atoms with van der Waals surface area (Å²) in [5.41, 5.74) is 0. The average molecular weight is 274 g/mol. The zero-order valence-electron chi connectivity index (χ0n) is 9.23. The molecular formula is C7H16O7P2. The Morgan fingerprint density at radius 1 is 1.25 bits per heavy atom. The van der Waals surface area contributed by atoms with Crippen molar-refractivity contribution in [3.8, 4) is 0 Å². The lowest BCUT2D eigenvalue weighted by Gasteiger charge is -2.20. The minimum absolute atomic E-state index is 0.445. The molecule has 0 aromatic heterocycles. The van der Waals surface area contributed by atoms with Crippen LogP contribution in [0.1, 0.15) is 20.3 Å². The molecule has 0 aliphatic carbocycles. The molecule has 0 spiro atoms. The van der Waals surface area contributed by atoms with Gasteiger partial charge in [0.1, 0.15) is 5.40 Å². The third-order valence-electron chi connectivity index (χ3n) is 1.66. The first-order valence-electron chi connectivity index (χ1n) is 4.49. The van der Waals surface area contributed by atoms with Crippen molar-refractivity contribution >= 4 is 20.9 Å². The highest BCUT2D eigenvalue weighted by molar-refractivity contribution is 7.73. The molecule has 0 aromatic carbocycles. The van der Waals surface area contributed by atoms with Crippen molar-refractivity contribution in [3.63, 3.8) is 0 Å². The summed E-state index contributed by atoms with van der Waals surface area (Å²) in [5.74, 6) is -0.903. The van der Waals surface area contributed by atoms with Crippen molar-refractivity contribution < 1.29 is 33.3 Å². The van der Waals surface area contributed by atoms with Gasteiger partial charge in [-0.1, -0.05) is 0 Å². The second-order valence-electron chi connectivity index (χ2n) is 3.76. The maximum absolute atomic E-state index is 11.2. The monoisotopic (exact) mass is 274 g/mol. The van der Waals surface area contributed by atoms with Crippen molar-refractivity contribution in [1.29, 1.82) is 0 Å². The van der Waals surface area contributed by atoms with Gasteiger partial charge < -0.3 is 19.4 Å². The fourth-order valence-electron chi connectivity index (χ4n) is 1.03. The molecular weight excluding hydrogens is 258 g/mol. The number of rotatable bonds is 5. The molecule has 3 N–H and O–H groups in total. The maximum atomic E-state index is 11.2. The largest absolute Gasteiger partial charge is 0.463 e. The van der Waals surface area contributed by atoms with Crippen LogP contribution in [0.5, 0.6) is 0 Å². The lowest BCUT2D eigenvalue weighted by molar-refractivity contribution is -0.147. The van der Waals surface area contributed by atoms with E-state index in [1.54, 1.807) is 13.8 Å². The molecule has 9 heteroatoms. The van der Waals surface area contributed by atoms with E-state index in [2.05, 4.69) is 4.74 Å². The molecule has 0 aliphatic rings. The van der Waals surface area contributed by atoms with E-state index in [0.29, 0.717) is 0 Å². The number of ether oxygens (including phenoxy) is 1. The fraction of sp³-hybridized carbons (Fsp3) is 0.857. The zero-order valence-corrected chi connectivity index (χ0v) is 11.0. The maximum Gasteiger partial charge on any atom is 0.338 e. The first-order valence-corrected chi connectivity index (χ1v) is 8.35. The van der Waals surface area contributed by atoms with Crippen LogP contribution >= 0.6 is 15.0 Å². The van der Waals surface area contributed by atoms with E-state index in [1.807, 2.05) is 0 Å². The van der Waals surface area contributed by atoms with Crippen LogP contribution in [0.3, 0.4) is 0 Å². The second kappa shape index (κ2) is 5.43. The lowest BCUT2D eigenvalue weighted by Crippen LogP contribution is -2.19. The van der Waals surface area contributed by atoms with Crippen LogP contribution in [0.4, 0.5) is 0 Å². The molecule has 0 saturated heterocycles. The average Bonchev–Trinajstić information content (AvgIpc) is 1.94. The van der Waals surface area contributed by atoms with Crippen molar-refractivity contribution in [2.24, 2.45) is 0 Å². The van der Waals surface area contributed by atoms with E-state index in [1.165, 1.54) is 0 Å². The normalized spacial score (nSPS) is 17.9. The van der Waals surface area contributed by atoms with Crippen LogP contribution in [0.15, 0.2) is 0 Å². The Bertz CT molecular complexity index is 317. The Balaban J connectivity index is 4.79. The predicted molar refractivity (Wildman–Crippen MR) is 57.4 cm³/mol. The molecule has 96 valence electrons. The Morgan fingerprint density at radius 3 is 1.94 bits per heavy atom. The number of hydrogen-bond donors (Lipinski definition) is 3. The van der Waals surface area contributed by atoms with Gasteiger partial charge in [0.2, 0.25) is 7.37 Å². The number of hydrogen-bond acceptors (Lipinski definition) is 4. The van der Waals surface area contributed by atoms with Crippen LogP contribution < -0.4 is 0 Å². The molecule has 0 aromatic rings. The molecule has 7 nitrogen and oxygen atoms in total. The Morgan fingerprint density at radius 2 is 1.69 bits per heavy atom. The summed E-state index contributed by atoms with van der Waals surface area (Å²) in [6.07, 6.45) is -1.22. The van der Waals surface area contributed by atoms with Gasteiger partial charge in [-0.2, -0.15) is 0 Å². The standard InChI is InChI=1S/C7H16O7P2/c1-5(2)14-6(8)4-7(15(3,9)10)16(11,12)13/h5,7H,4H2,1-3H3,(H,9,10)(H2,11,12,13). The number of carbonyl (C=O) groups excluding carboxylic acids is 1. The third-order valence-corrected chi connectivity index (χ3v) is 6.09. The summed E-state index contributed by atoms with van der Waals surface area (Å²) >= 11 is 0. The van der Waals surface area contributed by atoms with Gasteiger partial charge in [0, 0.05) is 6.66 Å². The number of carbonyl (C=O) groups is 1. The first-order chi connectivity index (χ1) is 6.94. The van der Waals surface area contributed by atoms with Gasteiger partial charge in [-0.3, -0.25) is 13.9 Å². The van der Waals surface area contributed by atoms with Crippen LogP contribution in [0, 0.1) is 0 Å². The Labute approximate surface area is 93.4 Å². The predicted octanol–water partition coefficient (Wildman–Crippen LogP) is 0.732. The highest BCUT2D eigenvalue weighted by Gasteiger charge is 2.42. The summed E-state index contributed by atoms with van der Waals surface area (Å²) in [6.45, 7) is 3.93. The van der Waals surface area contributed by atoms with Crippen LogP contribution in [0.2, 0.25) is 0 Å². The molecule has 0 rings (SSSR count). The summed E-state index contributed by atoms with van der Waals surface area (Å²) in [7, 11) is -8.87. The van der Waals surface area contributed by atoms with E-state index in [-0.39, 0.29) is 0 Å². The molecule has 0 bridgehead atoms. The molecule has 0 amide bonds. The molecule has 0 fully saturated rings. The van der Waals surface area contributed by atoms with Gasteiger partial charge in [0.25, 0.3) is 0 Å². The topological polar surface area (TPSA) is 121 Å². The van der Waals surface area contributed by atoms with Gasteiger partial charge in [0.05, 0.1) is 12.5 Å². The molecule has 0 saturated carbocycles. The van der Waals surface area contributed by atoms with Crippen molar-refractivity contribution in [2.45, 2.75) is 31.8 Å². The van der Waals surface area contributed by atoms with Crippen molar-refractivity contribution in [3.05, 3.63) is 0 Å². The SMILES string of the molecule is CC(C)OC(=O)CC(P(C)(=O)O)P(=O)(O)O. The molecule has 2 unspecified atom stereocenters. The van der Waals surface area contributed by atoms with E-state index in [0.717, 1.165) is 6.66 Å². The smallest absolute Gasteiger partial charge is 0.338 e. The highest BCUT2D eigenvalue weighted by Crippen LogP contribution is 2.61. The van der Waals surface area contributed by atoms with Crippen molar-refractivity contribution in [1.82, 2.24) is 0 Å². The highest BCUT2D eigenvalue weighted by atomic mass is 31.2. The first kappa shape index (κ1) is 15.8. The van der Waals surface area contributed by atoms with Gasteiger partial charge in [-0.15, -0.1) is 0 Å². The van der Waals surface area contributed by atoms with E-state index in [4.69, 9.17) is 14.7 Å². The quantitative estimate of drug-likeness (QED) is 0.499. The van der Waals surface area contributed by atoms with E-state index >= 15 is 0 Å². The van der Waals surface area contributed by atoms with Gasteiger partial charge in [-0.05, 0) is 13.8 Å². The molecule has 16 heavy (non-hydrogen) atoms. The minimum Gasteiger partial charge on any atom is -0.463 e. The van der Waals surface area contributed by atoms with Gasteiger partial charge in [0.15, 0.2) is 0 Å². The lowest BCUT2D eigenvalue weighted by atomic mass is 10.4. The molecule has 0 radical (unpaired) electrons. The summed E-state index contributed by atoms with van der Waals surface area (Å²) in [6, 6.07) is 0. The molecule has 0 aliphatic heterocycles. The van der Waals surface area contributed by atoms with Gasteiger partial charge in [-0.25, -0.2) is 0 Å². The fourth-order valence-corrected chi connectivity index (χ4v) is 4.13. The summed E-state index contributed by atoms with van der Waals surface area (Å²) in [5, 5.41) is -1.90. The van der Waals surface area contributed by atoms with Crippen LogP contribution in [0.25, 0.3) is 0 Å². The molecule has 0 heterocycles. The van der Waals surface area contributed by atoms with Crippen LogP contribution in [-0.4, -0.2) is 38.8 Å².